The number of nitrogens with zero attached hydrogens (tertiary/aromatic N) is 3. The van der Waals surface area contributed by atoms with Crippen LogP contribution in [0.5, 0.6) is 0 Å². The molecule has 3 rings (SSSR count). The highest BCUT2D eigenvalue weighted by molar-refractivity contribution is 6.01. The molecule has 0 N–H and O–H groups in total. The highest BCUT2D eigenvalue weighted by Gasteiger charge is 2.52. The Morgan fingerprint density at radius 3 is 2.18 bits per heavy atom. The smallest absolute Gasteiger partial charge is 0.419 e. The van der Waals surface area contributed by atoms with Gasteiger partial charge in [-0.15, -0.1) is 0 Å². The van der Waals surface area contributed by atoms with Gasteiger partial charge in [0.15, 0.2) is 0 Å². The van der Waals surface area contributed by atoms with E-state index in [1.54, 1.807) is 65.8 Å². The van der Waals surface area contributed by atoms with Crippen LogP contribution in [0.25, 0.3) is 10.9 Å². The number of methoxy groups -OCH3 is 1. The molecule has 0 aliphatic carbocycles. The van der Waals surface area contributed by atoms with Crippen LogP contribution in [0.15, 0.2) is 30.5 Å². The number of esters is 1. The van der Waals surface area contributed by atoms with Crippen molar-refractivity contribution < 1.29 is 38.3 Å². The average molecular weight is 532 g/mol. The van der Waals surface area contributed by atoms with E-state index in [1.165, 1.54) is 10.8 Å². The van der Waals surface area contributed by atoms with Gasteiger partial charge in [-0.2, -0.15) is 0 Å². The number of aromatic nitrogens is 1. The van der Waals surface area contributed by atoms with Crippen molar-refractivity contribution in [2.24, 2.45) is 5.92 Å². The lowest BCUT2D eigenvalue weighted by Crippen LogP contribution is -2.46. The van der Waals surface area contributed by atoms with E-state index in [0.717, 1.165) is 7.11 Å². The molecule has 1 aliphatic rings. The molecule has 38 heavy (non-hydrogen) atoms. The molecule has 0 saturated carbocycles. The van der Waals surface area contributed by atoms with E-state index in [9.17, 15) is 29.3 Å². The molecule has 1 aromatic heterocycles. The largest absolute Gasteiger partial charge is 0.467 e. The molecular formula is C26H33N3O9. The Morgan fingerprint density at radius 1 is 1.05 bits per heavy atom. The van der Waals surface area contributed by atoms with E-state index in [1.807, 2.05) is 0 Å². The summed E-state index contributed by atoms with van der Waals surface area (Å²) in [4.78, 5) is 64.0. The van der Waals surface area contributed by atoms with Gasteiger partial charge in [-0.05, 0) is 59.6 Å². The van der Waals surface area contributed by atoms with Gasteiger partial charge in [0.05, 0.1) is 24.5 Å². The first-order chi connectivity index (χ1) is 17.5. The number of carbonyl (C=O) groups excluding carboxylic acids is 4. The van der Waals surface area contributed by atoms with Gasteiger partial charge in [-0.25, -0.2) is 19.3 Å². The standard InChI is InChI=1S/C26H33N3O9/c1-25(2,3)37-23(32)27-13-17(15-10-8-9-11-19(15)27)18(14-28(34)35)16-12-20(22(31)36-7)29(21(16)30)24(33)38-26(4,5)6/h8-11,13,16,18,20H,12,14H2,1-7H3/t16?,18?,20-/m0/s1. The van der Waals surface area contributed by atoms with Crippen molar-refractivity contribution in [3.63, 3.8) is 0 Å². The third-order valence-corrected chi connectivity index (χ3v) is 5.97. The highest BCUT2D eigenvalue weighted by Crippen LogP contribution is 2.41. The molecule has 2 amide bonds. The van der Waals surface area contributed by atoms with Crippen LogP contribution in [-0.2, 0) is 23.8 Å². The Kier molecular flexibility index (Phi) is 7.85. The zero-order chi connectivity index (χ0) is 28.6. The number of carbonyl (C=O) groups is 4. The van der Waals surface area contributed by atoms with Crippen molar-refractivity contribution >= 4 is 35.0 Å². The minimum absolute atomic E-state index is 0.213. The summed E-state index contributed by atoms with van der Waals surface area (Å²) in [6.07, 6.45) is -0.532. The second-order valence-corrected chi connectivity index (χ2v) is 11.1. The number of nitro groups is 1. The Hall–Kier alpha value is -3.96. The zero-order valence-corrected chi connectivity index (χ0v) is 22.5. The lowest BCUT2D eigenvalue weighted by molar-refractivity contribution is -0.484. The minimum Gasteiger partial charge on any atom is -0.467 e. The quantitative estimate of drug-likeness (QED) is 0.241. The number of hydrogen-bond acceptors (Lipinski definition) is 9. The molecule has 1 saturated heterocycles. The van der Waals surface area contributed by atoms with E-state index in [0.29, 0.717) is 21.4 Å². The van der Waals surface area contributed by atoms with Crippen LogP contribution in [0.3, 0.4) is 0 Å². The Morgan fingerprint density at radius 2 is 1.63 bits per heavy atom. The van der Waals surface area contributed by atoms with E-state index in [4.69, 9.17) is 14.2 Å². The summed E-state index contributed by atoms with van der Waals surface area (Å²) in [5, 5.41) is 12.3. The minimum atomic E-state index is -1.32. The topological polar surface area (TPSA) is 147 Å². The molecule has 12 heteroatoms. The lowest BCUT2D eigenvalue weighted by Gasteiger charge is -2.26. The second kappa shape index (κ2) is 10.4. The maximum atomic E-state index is 13.6. The van der Waals surface area contributed by atoms with Gasteiger partial charge in [0.25, 0.3) is 0 Å². The molecule has 206 valence electrons. The third-order valence-electron chi connectivity index (χ3n) is 5.97. The number of amides is 2. The molecular weight excluding hydrogens is 498 g/mol. The lowest BCUT2D eigenvalue weighted by atomic mass is 9.83. The molecule has 1 aliphatic heterocycles. The van der Waals surface area contributed by atoms with Crippen molar-refractivity contribution in [3.05, 3.63) is 46.1 Å². The summed E-state index contributed by atoms with van der Waals surface area (Å²) in [6, 6.07) is 5.43. The number of likely N-dealkylation sites (tertiary alicyclic amines) is 1. The summed E-state index contributed by atoms with van der Waals surface area (Å²) in [7, 11) is 1.12. The third kappa shape index (κ3) is 6.12. The number of rotatable bonds is 5. The fraction of sp³-hybridized carbons (Fsp3) is 0.538. The van der Waals surface area contributed by atoms with Gasteiger partial charge < -0.3 is 14.2 Å². The van der Waals surface area contributed by atoms with E-state index >= 15 is 0 Å². The number of benzene rings is 1. The first-order valence-corrected chi connectivity index (χ1v) is 12.1. The van der Waals surface area contributed by atoms with Gasteiger partial charge in [0, 0.05) is 16.5 Å². The van der Waals surface area contributed by atoms with Gasteiger partial charge in [-0.1, -0.05) is 18.2 Å². The van der Waals surface area contributed by atoms with E-state index in [2.05, 4.69) is 0 Å². The number of para-hydroxylation sites is 1. The van der Waals surface area contributed by atoms with Crippen LogP contribution >= 0.6 is 0 Å². The van der Waals surface area contributed by atoms with Crippen LogP contribution in [-0.4, -0.2) is 69.4 Å². The fourth-order valence-corrected chi connectivity index (χ4v) is 4.55. The predicted molar refractivity (Wildman–Crippen MR) is 135 cm³/mol. The maximum Gasteiger partial charge on any atom is 0.419 e. The van der Waals surface area contributed by atoms with Crippen LogP contribution in [0.1, 0.15) is 59.4 Å². The van der Waals surface area contributed by atoms with Crippen LogP contribution in [0.4, 0.5) is 9.59 Å². The second-order valence-electron chi connectivity index (χ2n) is 11.1. The summed E-state index contributed by atoms with van der Waals surface area (Å²) in [5.41, 5.74) is -0.983. The SMILES string of the molecule is COC(=O)[C@@H]1CC(C(C[N+](=O)[O-])c2cn(C(=O)OC(C)(C)C)c3ccccc23)C(=O)N1C(=O)OC(C)(C)C. The summed E-state index contributed by atoms with van der Waals surface area (Å²) >= 11 is 0. The zero-order valence-electron chi connectivity index (χ0n) is 22.5. The molecule has 1 fully saturated rings. The Bertz CT molecular complexity index is 1270. The summed E-state index contributed by atoms with van der Waals surface area (Å²) < 4.78 is 16.9. The molecule has 3 atom stereocenters. The van der Waals surface area contributed by atoms with Gasteiger partial charge in [-0.3, -0.25) is 19.5 Å². The van der Waals surface area contributed by atoms with Crippen LogP contribution in [0.2, 0.25) is 0 Å². The molecule has 0 bridgehead atoms. The first-order valence-electron chi connectivity index (χ1n) is 12.1. The predicted octanol–water partition coefficient (Wildman–Crippen LogP) is 4.11. The van der Waals surface area contributed by atoms with Crippen LogP contribution in [0, 0.1) is 16.0 Å². The van der Waals surface area contributed by atoms with Crippen molar-refractivity contribution in [2.75, 3.05) is 13.7 Å². The first kappa shape index (κ1) is 28.6. The normalized spacial score (nSPS) is 18.8. The fourth-order valence-electron chi connectivity index (χ4n) is 4.55. The summed E-state index contributed by atoms with van der Waals surface area (Å²) in [6.45, 7) is 9.27. The van der Waals surface area contributed by atoms with Crippen molar-refractivity contribution in [1.82, 2.24) is 9.47 Å². The van der Waals surface area contributed by atoms with Gasteiger partial charge >= 0.3 is 18.2 Å². The molecule has 2 unspecified atom stereocenters. The molecule has 2 heterocycles. The van der Waals surface area contributed by atoms with Gasteiger partial charge in [0.2, 0.25) is 12.5 Å². The molecule has 12 nitrogen and oxygen atoms in total. The average Bonchev–Trinajstić information content (AvgIpc) is 3.33. The van der Waals surface area contributed by atoms with Gasteiger partial charge in [0.1, 0.15) is 17.2 Å². The van der Waals surface area contributed by atoms with Crippen LogP contribution < -0.4 is 0 Å². The van der Waals surface area contributed by atoms with Crippen molar-refractivity contribution in [1.29, 1.82) is 0 Å². The number of ether oxygens (including phenoxy) is 3. The van der Waals surface area contributed by atoms with Crippen molar-refractivity contribution in [2.45, 2.75) is 71.1 Å². The number of fused-ring (bicyclic) bond motifs is 1. The molecule has 2 aromatic rings. The van der Waals surface area contributed by atoms with E-state index < -0.39 is 64.6 Å². The molecule has 1 aromatic carbocycles. The monoisotopic (exact) mass is 531 g/mol. The van der Waals surface area contributed by atoms with Crippen molar-refractivity contribution in [3.8, 4) is 0 Å². The Balaban J connectivity index is 2.13. The Labute approximate surface area is 219 Å². The maximum absolute atomic E-state index is 13.6. The number of imide groups is 1. The number of hydrogen-bond donors (Lipinski definition) is 0. The summed E-state index contributed by atoms with van der Waals surface area (Å²) in [5.74, 6) is -3.86. The molecule has 0 spiro atoms. The van der Waals surface area contributed by atoms with E-state index in [-0.39, 0.29) is 6.42 Å². The highest BCUT2D eigenvalue weighted by atomic mass is 16.6. The molecule has 0 radical (unpaired) electrons.